The van der Waals surface area contributed by atoms with Crippen LogP contribution in [-0.2, 0) is 10.0 Å². The summed E-state index contributed by atoms with van der Waals surface area (Å²) in [7, 11) is -3.53. The molecule has 0 radical (unpaired) electrons. The van der Waals surface area contributed by atoms with Crippen molar-refractivity contribution in [2.45, 2.75) is 57.9 Å². The van der Waals surface area contributed by atoms with E-state index >= 15 is 0 Å². The highest BCUT2D eigenvalue weighted by molar-refractivity contribution is 7.89. The van der Waals surface area contributed by atoms with Crippen LogP contribution in [0.1, 0.15) is 61.4 Å². The molecule has 2 aromatic carbocycles. The molecule has 24 heavy (non-hydrogen) atoms. The highest BCUT2D eigenvalue weighted by atomic mass is 32.2. The lowest BCUT2D eigenvalue weighted by molar-refractivity contribution is 0.566. The Labute approximate surface area is 146 Å². The Morgan fingerprint density at radius 2 is 1.50 bits per heavy atom. The van der Waals surface area contributed by atoms with E-state index in [2.05, 4.69) is 30.7 Å². The van der Waals surface area contributed by atoms with Crippen LogP contribution < -0.4 is 4.72 Å². The van der Waals surface area contributed by atoms with Crippen LogP contribution >= 0.6 is 0 Å². The van der Waals surface area contributed by atoms with Gasteiger partial charge in [-0.05, 0) is 67.5 Å². The fourth-order valence-corrected chi connectivity index (χ4v) is 3.92. The van der Waals surface area contributed by atoms with Gasteiger partial charge in [0.1, 0.15) is 0 Å². The maximum atomic E-state index is 12.6. The number of aryl methyl sites for hydroxylation is 2. The van der Waals surface area contributed by atoms with Crippen molar-refractivity contribution in [3.05, 3.63) is 64.7 Å². The molecular weight excluding hydrogens is 318 g/mol. The minimum Gasteiger partial charge on any atom is -0.207 e. The highest BCUT2D eigenvalue weighted by Crippen LogP contribution is 2.23. The Morgan fingerprint density at radius 3 is 2.04 bits per heavy atom. The molecule has 2 rings (SSSR count). The molecule has 0 saturated carbocycles. The van der Waals surface area contributed by atoms with Crippen LogP contribution in [0.2, 0.25) is 0 Å². The normalized spacial score (nSPS) is 14.4. The first-order chi connectivity index (χ1) is 11.2. The predicted octanol–water partition coefficient (Wildman–Crippen LogP) is 4.86. The molecule has 0 aliphatic heterocycles. The third-order valence-corrected chi connectivity index (χ3v) is 6.28. The van der Waals surface area contributed by atoms with Gasteiger partial charge in [0.2, 0.25) is 10.0 Å². The third kappa shape index (κ3) is 4.25. The molecule has 0 aromatic heterocycles. The SMILES string of the molecule is CCC(C)c1ccc(C(C)NS(=O)(=O)c2ccc(C)c(C)c2)cc1. The quantitative estimate of drug-likeness (QED) is 0.813. The van der Waals surface area contributed by atoms with Crippen LogP contribution in [0.15, 0.2) is 47.4 Å². The van der Waals surface area contributed by atoms with Crippen LogP contribution in [-0.4, -0.2) is 8.42 Å². The molecule has 0 aliphatic carbocycles. The Bertz CT molecular complexity index is 795. The van der Waals surface area contributed by atoms with Gasteiger partial charge in [0.05, 0.1) is 4.90 Å². The molecule has 4 heteroatoms. The lowest BCUT2D eigenvalue weighted by atomic mass is 9.96. The molecule has 0 saturated heterocycles. The highest BCUT2D eigenvalue weighted by Gasteiger charge is 2.19. The molecule has 130 valence electrons. The monoisotopic (exact) mass is 345 g/mol. The van der Waals surface area contributed by atoms with Crippen molar-refractivity contribution in [2.24, 2.45) is 0 Å². The summed E-state index contributed by atoms with van der Waals surface area (Å²) >= 11 is 0. The lowest BCUT2D eigenvalue weighted by Gasteiger charge is -2.17. The summed E-state index contributed by atoms with van der Waals surface area (Å²) in [6.07, 6.45) is 1.09. The number of hydrogen-bond donors (Lipinski definition) is 1. The van der Waals surface area contributed by atoms with E-state index < -0.39 is 10.0 Å². The Balaban J connectivity index is 2.18. The zero-order valence-electron chi connectivity index (χ0n) is 15.1. The maximum absolute atomic E-state index is 12.6. The molecule has 0 fully saturated rings. The molecule has 0 spiro atoms. The molecule has 1 N–H and O–H groups in total. The van der Waals surface area contributed by atoms with Crippen LogP contribution in [0.5, 0.6) is 0 Å². The third-order valence-electron chi connectivity index (χ3n) is 4.74. The van der Waals surface area contributed by atoms with Crippen molar-refractivity contribution < 1.29 is 8.42 Å². The van der Waals surface area contributed by atoms with E-state index in [1.54, 1.807) is 12.1 Å². The van der Waals surface area contributed by atoms with E-state index in [9.17, 15) is 8.42 Å². The van der Waals surface area contributed by atoms with Gasteiger partial charge in [0.15, 0.2) is 0 Å². The number of benzene rings is 2. The summed E-state index contributed by atoms with van der Waals surface area (Å²) in [6.45, 7) is 10.1. The van der Waals surface area contributed by atoms with Crippen LogP contribution in [0.4, 0.5) is 0 Å². The number of rotatable bonds is 6. The Hall–Kier alpha value is -1.65. The average molecular weight is 346 g/mol. The second-order valence-corrected chi connectivity index (χ2v) is 8.28. The summed E-state index contributed by atoms with van der Waals surface area (Å²) < 4.78 is 28.0. The largest absolute Gasteiger partial charge is 0.241 e. The van der Waals surface area contributed by atoms with Gasteiger partial charge in [-0.2, -0.15) is 0 Å². The van der Waals surface area contributed by atoms with Crippen LogP contribution in [0, 0.1) is 13.8 Å². The first-order valence-electron chi connectivity index (χ1n) is 8.44. The fraction of sp³-hybridized carbons (Fsp3) is 0.400. The average Bonchev–Trinajstić information content (AvgIpc) is 2.56. The van der Waals surface area contributed by atoms with E-state index in [0.29, 0.717) is 10.8 Å². The van der Waals surface area contributed by atoms with Gasteiger partial charge in [-0.3, -0.25) is 0 Å². The first kappa shape index (κ1) is 18.7. The number of nitrogens with one attached hydrogen (secondary N) is 1. The van der Waals surface area contributed by atoms with E-state index in [1.165, 1.54) is 5.56 Å². The second-order valence-electron chi connectivity index (χ2n) is 6.57. The molecule has 0 heterocycles. The fourth-order valence-electron chi connectivity index (χ4n) is 2.60. The van der Waals surface area contributed by atoms with Gasteiger partial charge in [-0.1, -0.05) is 44.2 Å². The van der Waals surface area contributed by atoms with Crippen LogP contribution in [0.25, 0.3) is 0 Å². The second kappa shape index (κ2) is 7.49. The van der Waals surface area contributed by atoms with E-state index in [1.807, 2.05) is 39.0 Å². The first-order valence-corrected chi connectivity index (χ1v) is 9.92. The molecule has 0 aliphatic rings. The van der Waals surface area contributed by atoms with Crippen molar-refractivity contribution in [3.63, 3.8) is 0 Å². The molecular formula is C20H27NO2S. The minimum absolute atomic E-state index is 0.275. The van der Waals surface area contributed by atoms with Gasteiger partial charge in [0.25, 0.3) is 0 Å². The molecule has 0 bridgehead atoms. The van der Waals surface area contributed by atoms with E-state index in [0.717, 1.165) is 23.1 Å². The summed E-state index contributed by atoms with van der Waals surface area (Å²) in [5.74, 6) is 0.515. The number of sulfonamides is 1. The van der Waals surface area contributed by atoms with Crippen molar-refractivity contribution in [3.8, 4) is 0 Å². The standard InChI is InChI=1S/C20H27NO2S/c1-6-14(2)18-8-10-19(11-9-18)17(5)21-24(22,23)20-12-7-15(3)16(4)13-20/h7-14,17,21H,6H2,1-5H3. The van der Waals surface area contributed by atoms with Crippen molar-refractivity contribution >= 4 is 10.0 Å². The molecule has 3 nitrogen and oxygen atoms in total. The summed E-state index contributed by atoms with van der Waals surface area (Å²) in [6, 6.07) is 13.1. The van der Waals surface area contributed by atoms with Gasteiger partial charge in [-0.15, -0.1) is 0 Å². The summed E-state index contributed by atoms with van der Waals surface area (Å²) in [5.41, 5.74) is 4.31. The molecule has 2 aromatic rings. The smallest absolute Gasteiger partial charge is 0.207 e. The summed E-state index contributed by atoms with van der Waals surface area (Å²) in [5, 5.41) is 0. The van der Waals surface area contributed by atoms with Crippen LogP contribution in [0.3, 0.4) is 0 Å². The van der Waals surface area contributed by atoms with Crippen molar-refractivity contribution in [2.75, 3.05) is 0 Å². The van der Waals surface area contributed by atoms with E-state index in [-0.39, 0.29) is 6.04 Å². The van der Waals surface area contributed by atoms with Gasteiger partial charge < -0.3 is 0 Å². The molecule has 0 amide bonds. The Morgan fingerprint density at radius 1 is 0.917 bits per heavy atom. The molecule has 2 atom stereocenters. The topological polar surface area (TPSA) is 46.2 Å². The lowest BCUT2D eigenvalue weighted by Crippen LogP contribution is -2.27. The van der Waals surface area contributed by atoms with Gasteiger partial charge >= 0.3 is 0 Å². The number of hydrogen-bond acceptors (Lipinski definition) is 2. The zero-order chi connectivity index (χ0) is 17.9. The molecule has 2 unspecified atom stereocenters. The van der Waals surface area contributed by atoms with E-state index in [4.69, 9.17) is 0 Å². The Kier molecular flexibility index (Phi) is 5.83. The minimum atomic E-state index is -3.53. The van der Waals surface area contributed by atoms with Gasteiger partial charge in [-0.25, -0.2) is 13.1 Å². The van der Waals surface area contributed by atoms with Crippen molar-refractivity contribution in [1.29, 1.82) is 0 Å². The zero-order valence-corrected chi connectivity index (χ0v) is 15.9. The predicted molar refractivity (Wildman–Crippen MR) is 99.8 cm³/mol. The summed E-state index contributed by atoms with van der Waals surface area (Å²) in [4.78, 5) is 0.314. The van der Waals surface area contributed by atoms with Crippen molar-refractivity contribution in [1.82, 2.24) is 4.72 Å². The van der Waals surface area contributed by atoms with Gasteiger partial charge in [0, 0.05) is 6.04 Å². The maximum Gasteiger partial charge on any atom is 0.241 e.